The third kappa shape index (κ3) is 4.89. The minimum atomic E-state index is -1.17. The molecule has 3 rings (SSSR count). The van der Waals surface area contributed by atoms with Gasteiger partial charge in [0.25, 0.3) is 5.56 Å². The Morgan fingerprint density at radius 1 is 1.23 bits per heavy atom. The summed E-state index contributed by atoms with van der Waals surface area (Å²) in [7, 11) is 0. The number of fused-ring (bicyclic) bond motifs is 1. The molecule has 0 amide bonds. The van der Waals surface area contributed by atoms with Gasteiger partial charge in [0.15, 0.2) is 0 Å². The second kappa shape index (κ2) is 9.94. The largest absolute Gasteiger partial charge is 0.478 e. The second-order valence-corrected chi connectivity index (χ2v) is 8.11. The van der Waals surface area contributed by atoms with Crippen molar-refractivity contribution in [3.8, 4) is 0 Å². The summed E-state index contributed by atoms with van der Waals surface area (Å²) in [5, 5.41) is 12.2. The number of aliphatic carboxylic acids is 1. The van der Waals surface area contributed by atoms with Crippen LogP contribution in [0.2, 0.25) is 0 Å². The van der Waals surface area contributed by atoms with Crippen LogP contribution in [0.3, 0.4) is 0 Å². The fourth-order valence-electron chi connectivity index (χ4n) is 4.40. The Morgan fingerprint density at radius 2 is 1.90 bits per heavy atom. The molecule has 1 saturated carbocycles. The molecule has 1 aliphatic rings. The highest BCUT2D eigenvalue weighted by atomic mass is 19.1. The van der Waals surface area contributed by atoms with Gasteiger partial charge in [-0.2, -0.15) is 0 Å². The number of aromatic nitrogens is 2. The molecule has 1 heterocycles. The smallest absolute Gasteiger partial charge is 0.332 e. The highest BCUT2D eigenvalue weighted by molar-refractivity contribution is 5.82. The number of benzene rings is 1. The van der Waals surface area contributed by atoms with Gasteiger partial charge in [-0.1, -0.05) is 39.2 Å². The van der Waals surface area contributed by atoms with E-state index in [0.717, 1.165) is 36.3 Å². The first kappa shape index (κ1) is 22.8. The van der Waals surface area contributed by atoms with E-state index < -0.39 is 23.0 Å². The number of allylic oxidation sites excluding steroid dienone is 1. The van der Waals surface area contributed by atoms with E-state index in [2.05, 4.69) is 5.32 Å². The van der Waals surface area contributed by atoms with E-state index in [1.54, 1.807) is 10.6 Å². The molecule has 7 nitrogen and oxygen atoms in total. The van der Waals surface area contributed by atoms with E-state index in [-0.39, 0.29) is 24.0 Å². The van der Waals surface area contributed by atoms with Crippen molar-refractivity contribution in [3.05, 3.63) is 50.9 Å². The Morgan fingerprint density at radius 3 is 2.52 bits per heavy atom. The van der Waals surface area contributed by atoms with Gasteiger partial charge in [0, 0.05) is 24.7 Å². The highest BCUT2D eigenvalue weighted by Crippen LogP contribution is 2.27. The van der Waals surface area contributed by atoms with Gasteiger partial charge in [0.2, 0.25) is 0 Å². The van der Waals surface area contributed by atoms with E-state index >= 15 is 0 Å². The van der Waals surface area contributed by atoms with Crippen LogP contribution in [0.15, 0.2) is 33.9 Å². The van der Waals surface area contributed by atoms with Crippen LogP contribution >= 0.6 is 0 Å². The molecule has 168 valence electrons. The maximum absolute atomic E-state index is 15.0. The lowest BCUT2D eigenvalue weighted by Gasteiger charge is -2.25. The molecule has 2 N–H and O–H groups in total. The van der Waals surface area contributed by atoms with Crippen molar-refractivity contribution in [2.75, 3.05) is 5.32 Å². The zero-order chi connectivity index (χ0) is 22.5. The van der Waals surface area contributed by atoms with Crippen molar-refractivity contribution in [1.29, 1.82) is 0 Å². The molecule has 0 saturated heterocycles. The van der Waals surface area contributed by atoms with E-state index in [4.69, 9.17) is 5.11 Å². The third-order valence-electron chi connectivity index (χ3n) is 6.08. The lowest BCUT2D eigenvalue weighted by molar-refractivity contribution is -0.131. The summed E-state index contributed by atoms with van der Waals surface area (Å²) < 4.78 is 17.5. The predicted octanol–water partition coefficient (Wildman–Crippen LogP) is 4.05. The van der Waals surface area contributed by atoms with Crippen LogP contribution in [-0.2, 0) is 11.3 Å². The van der Waals surface area contributed by atoms with Gasteiger partial charge < -0.3 is 10.4 Å². The van der Waals surface area contributed by atoms with Gasteiger partial charge in [0.1, 0.15) is 5.82 Å². The quantitative estimate of drug-likeness (QED) is 0.615. The summed E-state index contributed by atoms with van der Waals surface area (Å²) in [6, 6.07) is 2.78. The summed E-state index contributed by atoms with van der Waals surface area (Å²) in [6.07, 6.45) is 8.76. The normalized spacial score (nSPS) is 15.2. The van der Waals surface area contributed by atoms with Gasteiger partial charge >= 0.3 is 11.7 Å². The van der Waals surface area contributed by atoms with Crippen molar-refractivity contribution in [2.45, 2.75) is 77.4 Å². The molecular formula is C23H30FN3O4. The highest BCUT2D eigenvalue weighted by Gasteiger charge is 2.21. The van der Waals surface area contributed by atoms with E-state index in [0.29, 0.717) is 24.0 Å². The van der Waals surface area contributed by atoms with E-state index in [1.807, 2.05) is 13.8 Å². The predicted molar refractivity (Wildman–Crippen MR) is 119 cm³/mol. The number of rotatable bonds is 8. The van der Waals surface area contributed by atoms with Gasteiger partial charge in [-0.15, -0.1) is 0 Å². The van der Waals surface area contributed by atoms with Crippen molar-refractivity contribution in [1.82, 2.24) is 9.13 Å². The van der Waals surface area contributed by atoms with Crippen molar-refractivity contribution in [3.63, 3.8) is 0 Å². The fraction of sp³-hybridized carbons (Fsp3) is 0.522. The van der Waals surface area contributed by atoms with Gasteiger partial charge in [-0.3, -0.25) is 13.9 Å². The number of carboxylic acids is 1. The van der Waals surface area contributed by atoms with Crippen molar-refractivity contribution >= 4 is 22.6 Å². The van der Waals surface area contributed by atoms with Crippen molar-refractivity contribution < 1.29 is 14.3 Å². The van der Waals surface area contributed by atoms with Crippen LogP contribution in [0.25, 0.3) is 10.9 Å². The molecule has 31 heavy (non-hydrogen) atoms. The lowest BCUT2D eigenvalue weighted by atomic mass is 9.95. The van der Waals surface area contributed by atoms with E-state index in [9.17, 15) is 18.8 Å². The first-order valence-electron chi connectivity index (χ1n) is 11.0. The van der Waals surface area contributed by atoms with Crippen LogP contribution in [0.5, 0.6) is 0 Å². The van der Waals surface area contributed by atoms with Crippen molar-refractivity contribution in [2.24, 2.45) is 0 Å². The second-order valence-electron chi connectivity index (χ2n) is 8.11. The van der Waals surface area contributed by atoms with E-state index in [1.165, 1.54) is 18.6 Å². The average molecular weight is 432 g/mol. The van der Waals surface area contributed by atoms with Gasteiger partial charge in [-0.05, 0) is 37.8 Å². The first-order chi connectivity index (χ1) is 14.9. The Labute approximate surface area is 180 Å². The summed E-state index contributed by atoms with van der Waals surface area (Å²) >= 11 is 0. The minimum absolute atomic E-state index is 0.113. The fourth-order valence-corrected chi connectivity index (χ4v) is 4.40. The number of halogens is 1. The molecule has 1 aliphatic carbocycles. The molecule has 2 aromatic rings. The third-order valence-corrected chi connectivity index (χ3v) is 6.08. The summed E-state index contributed by atoms with van der Waals surface area (Å²) in [4.78, 5) is 37.0. The molecular weight excluding hydrogens is 401 g/mol. The number of carboxylic acid groups (broad SMARTS) is 1. The number of hydrogen-bond acceptors (Lipinski definition) is 4. The Kier molecular flexibility index (Phi) is 7.30. The SMILES string of the molecule is CCC(CC)n1c(=O)n(CC=CC(=O)O)c(=O)c2cc(F)c(NC3CCCCC3)cc21. The minimum Gasteiger partial charge on any atom is -0.478 e. The van der Waals surface area contributed by atoms with Crippen LogP contribution in [-0.4, -0.2) is 26.3 Å². The van der Waals surface area contributed by atoms with Gasteiger partial charge in [-0.25, -0.2) is 14.0 Å². The maximum Gasteiger partial charge on any atom is 0.332 e. The first-order valence-corrected chi connectivity index (χ1v) is 11.0. The molecule has 0 atom stereocenters. The van der Waals surface area contributed by atoms with Crippen LogP contribution < -0.4 is 16.6 Å². The molecule has 8 heteroatoms. The number of nitrogens with one attached hydrogen (secondary N) is 1. The molecule has 0 bridgehead atoms. The molecule has 0 spiro atoms. The molecule has 0 radical (unpaired) electrons. The standard InChI is InChI=1S/C23H30FN3O4/c1-3-16(4-2)27-20-14-19(25-15-9-6-5-7-10-15)18(24)13-17(20)22(30)26(23(27)31)12-8-11-21(28)29/h8,11,13-16,25H,3-7,9-10,12H2,1-2H3,(H,28,29). The van der Waals surface area contributed by atoms with Crippen LogP contribution in [0.4, 0.5) is 10.1 Å². The summed E-state index contributed by atoms with van der Waals surface area (Å²) in [5.74, 6) is -1.70. The maximum atomic E-state index is 15.0. The Bertz CT molecular complexity index is 1090. The molecule has 1 aromatic heterocycles. The van der Waals surface area contributed by atoms with Crippen LogP contribution in [0, 0.1) is 5.82 Å². The Hall–Kier alpha value is -2.90. The molecule has 1 aromatic carbocycles. The van der Waals surface area contributed by atoms with Gasteiger partial charge in [0.05, 0.1) is 16.6 Å². The average Bonchev–Trinajstić information content (AvgIpc) is 2.75. The number of hydrogen-bond donors (Lipinski definition) is 2. The number of nitrogens with zero attached hydrogens (tertiary/aromatic N) is 2. The molecule has 0 aliphatic heterocycles. The summed E-state index contributed by atoms with van der Waals surface area (Å²) in [5.41, 5.74) is -0.430. The zero-order valence-electron chi connectivity index (χ0n) is 18.1. The zero-order valence-corrected chi connectivity index (χ0v) is 18.1. The summed E-state index contributed by atoms with van der Waals surface area (Å²) in [6.45, 7) is 3.72. The lowest BCUT2D eigenvalue weighted by Crippen LogP contribution is -2.41. The number of carbonyl (C=O) groups is 1. The topological polar surface area (TPSA) is 93.3 Å². The van der Waals surface area contributed by atoms with Crippen LogP contribution in [0.1, 0.15) is 64.8 Å². The monoisotopic (exact) mass is 431 g/mol. The molecule has 0 unspecified atom stereocenters. The Balaban J connectivity index is 2.19. The molecule has 1 fully saturated rings. The number of anilines is 1.